The lowest BCUT2D eigenvalue weighted by molar-refractivity contribution is -0.138. The van der Waals surface area contributed by atoms with E-state index in [4.69, 9.17) is 0 Å². The summed E-state index contributed by atoms with van der Waals surface area (Å²) in [6, 6.07) is 0. The van der Waals surface area contributed by atoms with Gasteiger partial charge in [-0.2, -0.15) is 0 Å². The zero-order valence-corrected chi connectivity index (χ0v) is 7.95. The molecule has 0 aliphatic carbocycles. The van der Waals surface area contributed by atoms with E-state index in [0.29, 0.717) is 6.42 Å². The largest absolute Gasteiger partial charge is 0.345 e. The van der Waals surface area contributed by atoms with Crippen molar-refractivity contribution in [1.29, 1.82) is 0 Å². The molecule has 1 rings (SSSR count). The van der Waals surface area contributed by atoms with Gasteiger partial charge in [-0.3, -0.25) is 9.59 Å². The van der Waals surface area contributed by atoms with E-state index in [2.05, 4.69) is 6.58 Å². The van der Waals surface area contributed by atoms with Gasteiger partial charge < -0.3 is 4.90 Å². The highest BCUT2D eigenvalue weighted by Gasteiger charge is 2.28. The van der Waals surface area contributed by atoms with Crippen LogP contribution >= 0.6 is 0 Å². The standard InChI is InChI=1S/C10H15NO2/c1-3-9(12)8-6-4-5-7-11(2)10(8)13/h3,8H,1,4-7H2,2H3. The number of nitrogens with zero attached hydrogens (tertiary/aromatic N) is 1. The van der Waals surface area contributed by atoms with Crippen molar-refractivity contribution in [3.05, 3.63) is 12.7 Å². The predicted molar refractivity (Wildman–Crippen MR) is 50.2 cm³/mol. The van der Waals surface area contributed by atoms with Crippen molar-refractivity contribution in [1.82, 2.24) is 4.90 Å². The number of carbonyl (C=O) groups excluding carboxylic acids is 2. The summed E-state index contributed by atoms with van der Waals surface area (Å²) in [6.45, 7) is 4.17. The summed E-state index contributed by atoms with van der Waals surface area (Å²) in [6.07, 6.45) is 3.86. The van der Waals surface area contributed by atoms with Gasteiger partial charge in [0.25, 0.3) is 0 Å². The normalized spacial score (nSPS) is 23.9. The third-order valence-corrected chi connectivity index (χ3v) is 2.46. The van der Waals surface area contributed by atoms with Crippen molar-refractivity contribution in [3.8, 4) is 0 Å². The minimum absolute atomic E-state index is 0.0533. The van der Waals surface area contributed by atoms with Gasteiger partial charge in [0.15, 0.2) is 5.78 Å². The third kappa shape index (κ3) is 2.17. The number of hydrogen-bond donors (Lipinski definition) is 0. The number of ketones is 1. The second-order valence-electron chi connectivity index (χ2n) is 3.41. The fourth-order valence-corrected chi connectivity index (χ4v) is 1.60. The Kier molecular flexibility index (Phi) is 3.23. The van der Waals surface area contributed by atoms with Gasteiger partial charge >= 0.3 is 0 Å². The molecule has 0 spiro atoms. The first kappa shape index (κ1) is 9.96. The Hall–Kier alpha value is -1.12. The first-order valence-electron chi connectivity index (χ1n) is 4.58. The highest BCUT2D eigenvalue weighted by atomic mass is 16.2. The fraction of sp³-hybridized carbons (Fsp3) is 0.600. The Balaban J connectivity index is 2.75. The summed E-state index contributed by atoms with van der Waals surface area (Å²) >= 11 is 0. The Morgan fingerprint density at radius 2 is 2.31 bits per heavy atom. The minimum Gasteiger partial charge on any atom is -0.345 e. The van der Waals surface area contributed by atoms with Crippen LogP contribution in [0.4, 0.5) is 0 Å². The topological polar surface area (TPSA) is 37.4 Å². The smallest absolute Gasteiger partial charge is 0.233 e. The van der Waals surface area contributed by atoms with Gasteiger partial charge in [-0.05, 0) is 18.9 Å². The van der Waals surface area contributed by atoms with Gasteiger partial charge in [-0.1, -0.05) is 13.0 Å². The van der Waals surface area contributed by atoms with Crippen molar-refractivity contribution >= 4 is 11.7 Å². The average molecular weight is 181 g/mol. The van der Waals surface area contributed by atoms with Gasteiger partial charge in [0, 0.05) is 13.6 Å². The van der Waals surface area contributed by atoms with Crippen LogP contribution < -0.4 is 0 Å². The highest BCUT2D eigenvalue weighted by molar-refractivity contribution is 6.06. The van der Waals surface area contributed by atoms with E-state index >= 15 is 0 Å². The Morgan fingerprint density at radius 3 is 2.92 bits per heavy atom. The van der Waals surface area contributed by atoms with E-state index in [-0.39, 0.29) is 11.7 Å². The Labute approximate surface area is 78.4 Å². The molecule has 0 aromatic rings. The summed E-state index contributed by atoms with van der Waals surface area (Å²) in [5, 5.41) is 0. The van der Waals surface area contributed by atoms with Crippen molar-refractivity contribution in [2.75, 3.05) is 13.6 Å². The zero-order chi connectivity index (χ0) is 9.84. The van der Waals surface area contributed by atoms with Crippen LogP contribution in [0, 0.1) is 5.92 Å². The molecule has 72 valence electrons. The molecule has 0 aromatic heterocycles. The molecule has 13 heavy (non-hydrogen) atoms. The molecule has 1 atom stereocenters. The zero-order valence-electron chi connectivity index (χ0n) is 7.95. The molecule has 0 bridgehead atoms. The van der Waals surface area contributed by atoms with Crippen molar-refractivity contribution in [3.63, 3.8) is 0 Å². The summed E-state index contributed by atoms with van der Waals surface area (Å²) in [4.78, 5) is 24.6. The number of allylic oxidation sites excluding steroid dienone is 1. The van der Waals surface area contributed by atoms with Crippen LogP contribution in [-0.4, -0.2) is 30.2 Å². The minimum atomic E-state index is -0.468. The summed E-state index contributed by atoms with van der Waals surface area (Å²) in [7, 11) is 1.75. The lowest BCUT2D eigenvalue weighted by atomic mass is 9.97. The van der Waals surface area contributed by atoms with E-state index in [0.717, 1.165) is 19.4 Å². The summed E-state index contributed by atoms with van der Waals surface area (Å²) in [5.74, 6) is -0.661. The van der Waals surface area contributed by atoms with E-state index in [1.807, 2.05) is 0 Å². The molecule has 1 aliphatic heterocycles. The van der Waals surface area contributed by atoms with E-state index in [1.165, 1.54) is 6.08 Å². The van der Waals surface area contributed by atoms with Crippen molar-refractivity contribution < 1.29 is 9.59 Å². The van der Waals surface area contributed by atoms with Crippen LogP contribution in [0.3, 0.4) is 0 Å². The van der Waals surface area contributed by atoms with E-state index in [9.17, 15) is 9.59 Å². The molecule has 1 unspecified atom stereocenters. The second kappa shape index (κ2) is 4.21. The molecule has 1 saturated heterocycles. The van der Waals surface area contributed by atoms with E-state index in [1.54, 1.807) is 11.9 Å². The SMILES string of the molecule is C=CC(=O)C1CCCCN(C)C1=O. The molecule has 1 fully saturated rings. The molecular formula is C10H15NO2. The molecule has 1 heterocycles. The molecule has 0 N–H and O–H groups in total. The third-order valence-electron chi connectivity index (χ3n) is 2.46. The Bertz CT molecular complexity index is 235. The van der Waals surface area contributed by atoms with Crippen LogP contribution in [0.1, 0.15) is 19.3 Å². The molecule has 3 heteroatoms. The van der Waals surface area contributed by atoms with Crippen molar-refractivity contribution in [2.24, 2.45) is 5.92 Å². The van der Waals surface area contributed by atoms with Crippen LogP contribution in [0.15, 0.2) is 12.7 Å². The molecule has 1 amide bonds. The lowest BCUT2D eigenvalue weighted by Crippen LogP contribution is -2.34. The van der Waals surface area contributed by atoms with Gasteiger partial charge in [0.05, 0.1) is 0 Å². The summed E-state index contributed by atoms with van der Waals surface area (Å²) in [5.41, 5.74) is 0. The maximum Gasteiger partial charge on any atom is 0.233 e. The Morgan fingerprint density at radius 1 is 1.62 bits per heavy atom. The molecule has 1 aliphatic rings. The number of rotatable bonds is 2. The van der Waals surface area contributed by atoms with Crippen LogP contribution in [-0.2, 0) is 9.59 Å². The molecular weight excluding hydrogens is 166 g/mol. The van der Waals surface area contributed by atoms with Crippen LogP contribution in [0.2, 0.25) is 0 Å². The van der Waals surface area contributed by atoms with Gasteiger partial charge in [-0.25, -0.2) is 0 Å². The maximum atomic E-state index is 11.6. The summed E-state index contributed by atoms with van der Waals surface area (Å²) < 4.78 is 0. The second-order valence-corrected chi connectivity index (χ2v) is 3.41. The highest BCUT2D eigenvalue weighted by Crippen LogP contribution is 2.17. The monoisotopic (exact) mass is 181 g/mol. The number of hydrogen-bond acceptors (Lipinski definition) is 2. The van der Waals surface area contributed by atoms with E-state index < -0.39 is 5.92 Å². The first-order valence-corrected chi connectivity index (χ1v) is 4.58. The lowest BCUT2D eigenvalue weighted by Gasteiger charge is -2.17. The van der Waals surface area contributed by atoms with Gasteiger partial charge in [0.2, 0.25) is 5.91 Å². The molecule has 0 saturated carbocycles. The number of amides is 1. The molecule has 3 nitrogen and oxygen atoms in total. The van der Waals surface area contributed by atoms with Crippen LogP contribution in [0.25, 0.3) is 0 Å². The molecule has 0 radical (unpaired) electrons. The number of carbonyl (C=O) groups is 2. The number of likely N-dealkylation sites (tertiary alicyclic amines) is 1. The average Bonchev–Trinajstić information content (AvgIpc) is 2.29. The fourth-order valence-electron chi connectivity index (χ4n) is 1.60. The maximum absolute atomic E-state index is 11.6. The van der Waals surface area contributed by atoms with Crippen molar-refractivity contribution in [2.45, 2.75) is 19.3 Å². The quantitative estimate of drug-likeness (QED) is 0.471. The predicted octanol–water partition coefficient (Wildman–Crippen LogP) is 1.00. The molecule has 0 aromatic carbocycles. The first-order chi connectivity index (χ1) is 6.16. The van der Waals surface area contributed by atoms with Crippen LogP contribution in [0.5, 0.6) is 0 Å². The van der Waals surface area contributed by atoms with Gasteiger partial charge in [-0.15, -0.1) is 0 Å². The van der Waals surface area contributed by atoms with Gasteiger partial charge in [0.1, 0.15) is 5.92 Å².